The smallest absolute Gasteiger partial charge is 0.0898 e. The number of rotatable bonds is 4. The number of hydrogen-bond acceptors (Lipinski definition) is 4. The van der Waals surface area contributed by atoms with Crippen LogP contribution >= 0.6 is 0 Å². The van der Waals surface area contributed by atoms with Gasteiger partial charge in [0.05, 0.1) is 23.6 Å². The van der Waals surface area contributed by atoms with E-state index in [0.717, 1.165) is 33.9 Å². The largest absolute Gasteiger partial charge is 0.393 e. The average molecular weight is 556 g/mol. The fourth-order valence-electron chi connectivity index (χ4n) is 2.76. The van der Waals surface area contributed by atoms with Crippen LogP contribution < -0.4 is 0 Å². The van der Waals surface area contributed by atoms with E-state index in [9.17, 15) is 0 Å². The van der Waals surface area contributed by atoms with E-state index in [1.807, 2.05) is 56.3 Å². The molecule has 28 heavy (non-hydrogen) atoms. The van der Waals surface area contributed by atoms with Crippen LogP contribution in [-0.4, -0.2) is 32.4 Å². The van der Waals surface area contributed by atoms with E-state index in [1.54, 1.807) is 13.8 Å². The van der Waals surface area contributed by atoms with Gasteiger partial charge in [-0.15, -0.1) is 35.9 Å². The van der Waals surface area contributed by atoms with Crippen LogP contribution in [-0.2, 0) is 20.1 Å². The number of benzene rings is 2. The molecule has 0 fully saturated rings. The molecule has 0 bridgehead atoms. The minimum atomic E-state index is -0.375. The molecule has 2 unspecified atom stereocenters. The SMILES string of the molecule is CC(O)CC(C)O.Cc1nc(-c2ccccc2)c(C)nc1-c1[c-]cccc1.[Ir]. The third-order valence-electron chi connectivity index (χ3n) is 3.94. The van der Waals surface area contributed by atoms with Gasteiger partial charge in [-0.05, 0) is 34.1 Å². The summed E-state index contributed by atoms with van der Waals surface area (Å²) in [6, 6.07) is 21.2. The zero-order valence-corrected chi connectivity index (χ0v) is 19.1. The third-order valence-corrected chi connectivity index (χ3v) is 3.94. The van der Waals surface area contributed by atoms with Crippen LogP contribution in [0.4, 0.5) is 0 Å². The van der Waals surface area contributed by atoms with Crippen LogP contribution in [0, 0.1) is 19.9 Å². The van der Waals surface area contributed by atoms with E-state index < -0.39 is 0 Å². The Bertz CT molecular complexity index is 767. The molecule has 3 rings (SSSR count). The molecule has 1 heterocycles. The van der Waals surface area contributed by atoms with E-state index >= 15 is 0 Å². The number of aliphatic hydroxyl groups excluding tert-OH is 2. The Morgan fingerprint density at radius 1 is 0.821 bits per heavy atom. The molecule has 4 nitrogen and oxygen atoms in total. The summed E-state index contributed by atoms with van der Waals surface area (Å²) in [5, 5.41) is 17.1. The van der Waals surface area contributed by atoms with Crippen LogP contribution in [0.3, 0.4) is 0 Å². The number of aliphatic hydroxyl groups is 2. The summed E-state index contributed by atoms with van der Waals surface area (Å²) in [5.74, 6) is 0. The summed E-state index contributed by atoms with van der Waals surface area (Å²) in [7, 11) is 0. The number of hydrogen-bond donors (Lipinski definition) is 2. The molecule has 0 amide bonds. The summed E-state index contributed by atoms with van der Waals surface area (Å²) in [6.07, 6.45) is -0.278. The van der Waals surface area contributed by atoms with Crippen molar-refractivity contribution in [3.63, 3.8) is 0 Å². The predicted molar refractivity (Wildman–Crippen MR) is 109 cm³/mol. The Hall–Kier alpha value is -1.91. The van der Waals surface area contributed by atoms with Gasteiger partial charge in [-0.2, -0.15) is 0 Å². The van der Waals surface area contributed by atoms with Gasteiger partial charge in [-0.3, -0.25) is 9.97 Å². The first-order valence-corrected chi connectivity index (χ1v) is 9.12. The fourth-order valence-corrected chi connectivity index (χ4v) is 2.76. The normalized spacial score (nSPS) is 12.2. The van der Waals surface area contributed by atoms with Crippen molar-refractivity contribution in [1.82, 2.24) is 9.97 Å². The Morgan fingerprint density at radius 2 is 1.36 bits per heavy atom. The second-order valence-corrected chi connectivity index (χ2v) is 6.67. The fraction of sp³-hybridized carbons (Fsp3) is 0.304. The summed E-state index contributed by atoms with van der Waals surface area (Å²) in [5.41, 5.74) is 5.81. The second-order valence-electron chi connectivity index (χ2n) is 6.67. The topological polar surface area (TPSA) is 66.2 Å². The molecule has 0 aliphatic rings. The van der Waals surface area contributed by atoms with Crippen molar-refractivity contribution in [3.05, 3.63) is 72.1 Å². The maximum Gasteiger partial charge on any atom is 0.0898 e. The molecule has 2 atom stereocenters. The van der Waals surface area contributed by atoms with Crippen molar-refractivity contribution in [2.24, 2.45) is 0 Å². The predicted octanol–water partition coefficient (Wildman–Crippen LogP) is 4.36. The quantitative estimate of drug-likeness (QED) is 0.470. The van der Waals surface area contributed by atoms with Crippen molar-refractivity contribution in [2.75, 3.05) is 0 Å². The average Bonchev–Trinajstić information content (AvgIpc) is 2.64. The second kappa shape index (κ2) is 11.8. The number of nitrogens with zero attached hydrogens (tertiary/aromatic N) is 2. The standard InChI is InChI=1S/C18H15N2.C5H12O2.Ir/c1-13-17(15-9-5-3-6-10-15)20-14(2)18(19-13)16-11-7-4-8-12-16;1-4(6)3-5(2)7;/h3-11H,1-2H3;4-7H,3H2,1-2H3;/q-1;;. The van der Waals surface area contributed by atoms with Gasteiger partial charge in [0.25, 0.3) is 0 Å². The van der Waals surface area contributed by atoms with Crippen molar-refractivity contribution in [1.29, 1.82) is 0 Å². The van der Waals surface area contributed by atoms with Crippen LogP contribution in [0.15, 0.2) is 54.6 Å². The van der Waals surface area contributed by atoms with Crippen molar-refractivity contribution in [3.8, 4) is 22.5 Å². The molecule has 2 aromatic carbocycles. The van der Waals surface area contributed by atoms with Gasteiger partial charge in [0.15, 0.2) is 0 Å². The third kappa shape index (κ3) is 7.25. The summed E-state index contributed by atoms with van der Waals surface area (Å²) in [6.45, 7) is 7.32. The maximum atomic E-state index is 8.56. The van der Waals surface area contributed by atoms with Crippen LogP contribution in [0.25, 0.3) is 22.5 Å². The molecule has 3 aromatic rings. The molecule has 1 radical (unpaired) electrons. The van der Waals surface area contributed by atoms with Crippen molar-refractivity contribution < 1.29 is 30.3 Å². The van der Waals surface area contributed by atoms with Crippen molar-refractivity contribution >= 4 is 0 Å². The molecule has 2 N–H and O–H groups in total. The molecule has 0 spiro atoms. The molecule has 0 aliphatic heterocycles. The number of aryl methyl sites for hydroxylation is 2. The molecule has 5 heteroatoms. The Kier molecular flexibility index (Phi) is 10.2. The first kappa shape index (κ1) is 24.1. The maximum absolute atomic E-state index is 8.56. The molecule has 0 aliphatic carbocycles. The van der Waals surface area contributed by atoms with Crippen LogP contribution in [0.5, 0.6) is 0 Å². The summed E-state index contributed by atoms with van der Waals surface area (Å²) in [4.78, 5) is 9.46. The van der Waals surface area contributed by atoms with Gasteiger partial charge in [-0.25, -0.2) is 0 Å². The van der Waals surface area contributed by atoms with Crippen molar-refractivity contribution in [2.45, 2.75) is 46.3 Å². The molecule has 1 aromatic heterocycles. The van der Waals surface area contributed by atoms with E-state index in [2.05, 4.69) is 18.2 Å². The minimum Gasteiger partial charge on any atom is -0.393 e. The van der Waals surface area contributed by atoms with E-state index in [1.165, 1.54) is 0 Å². The molecule has 151 valence electrons. The molecular weight excluding hydrogens is 528 g/mol. The summed E-state index contributed by atoms with van der Waals surface area (Å²) >= 11 is 0. The Balaban J connectivity index is 0.000000425. The number of aromatic nitrogens is 2. The molecule has 0 saturated carbocycles. The van der Waals surface area contributed by atoms with Gasteiger partial charge in [-0.1, -0.05) is 30.3 Å². The molecule has 0 saturated heterocycles. The summed E-state index contributed by atoms with van der Waals surface area (Å²) < 4.78 is 0. The minimum absolute atomic E-state index is 0. The Labute approximate surface area is 181 Å². The Morgan fingerprint density at radius 3 is 1.86 bits per heavy atom. The van der Waals surface area contributed by atoms with Gasteiger partial charge >= 0.3 is 0 Å². The first-order chi connectivity index (χ1) is 12.9. The first-order valence-electron chi connectivity index (χ1n) is 9.12. The zero-order valence-electron chi connectivity index (χ0n) is 16.7. The van der Waals surface area contributed by atoms with E-state index in [0.29, 0.717) is 6.42 Å². The van der Waals surface area contributed by atoms with Gasteiger partial charge < -0.3 is 10.2 Å². The zero-order chi connectivity index (χ0) is 19.8. The van der Waals surface area contributed by atoms with Gasteiger partial charge in [0.2, 0.25) is 0 Å². The molecular formula is C23H27IrN2O2-. The monoisotopic (exact) mass is 556 g/mol. The van der Waals surface area contributed by atoms with E-state index in [-0.39, 0.29) is 32.3 Å². The van der Waals surface area contributed by atoms with Gasteiger partial charge in [0, 0.05) is 37.1 Å². The van der Waals surface area contributed by atoms with Gasteiger partial charge in [0.1, 0.15) is 0 Å². The van der Waals surface area contributed by atoms with E-state index in [4.69, 9.17) is 20.2 Å². The van der Waals surface area contributed by atoms with Crippen LogP contribution in [0.1, 0.15) is 31.7 Å². The van der Waals surface area contributed by atoms with Crippen LogP contribution in [0.2, 0.25) is 0 Å².